The molecule has 1 aromatic carbocycles. The van der Waals surface area contributed by atoms with Gasteiger partial charge in [0.2, 0.25) is 5.95 Å². The number of hydrogen-bond donors (Lipinski definition) is 1. The largest absolute Gasteiger partial charge is 0.338 e. The van der Waals surface area contributed by atoms with E-state index in [4.69, 9.17) is 4.98 Å². The molecule has 2 atom stereocenters. The van der Waals surface area contributed by atoms with Gasteiger partial charge < -0.3 is 14.8 Å². The van der Waals surface area contributed by atoms with Gasteiger partial charge in [0.15, 0.2) is 16.9 Å². The number of carbonyl (C=O) groups excluding carboxylic acids is 1. The number of imidazole rings is 1. The van der Waals surface area contributed by atoms with Gasteiger partial charge in [0, 0.05) is 44.3 Å². The second-order valence-electron chi connectivity index (χ2n) is 9.65. The van der Waals surface area contributed by atoms with Crippen LogP contribution in [0.1, 0.15) is 37.6 Å². The van der Waals surface area contributed by atoms with Gasteiger partial charge in [-0.1, -0.05) is 42.0 Å². The Bertz CT molecular complexity index is 1420. The van der Waals surface area contributed by atoms with Gasteiger partial charge in [0.25, 0.3) is 5.56 Å². The van der Waals surface area contributed by atoms with Crippen LogP contribution in [0.25, 0.3) is 11.2 Å². The van der Waals surface area contributed by atoms with Crippen molar-refractivity contribution in [3.05, 3.63) is 68.4 Å². The molecule has 0 aliphatic carbocycles. The Morgan fingerprint density at radius 3 is 2.56 bits per heavy atom. The van der Waals surface area contributed by atoms with Crippen LogP contribution in [0.5, 0.6) is 0 Å². The summed E-state index contributed by atoms with van der Waals surface area (Å²) in [7, 11) is 0. The lowest BCUT2D eigenvalue weighted by molar-refractivity contribution is 0.0968. The maximum Gasteiger partial charge on any atom is 0.333 e. The lowest BCUT2D eigenvalue weighted by Crippen LogP contribution is -2.42. The summed E-state index contributed by atoms with van der Waals surface area (Å²) in [6.07, 6.45) is 3.13. The first kappa shape index (κ1) is 25.9. The first-order chi connectivity index (χ1) is 16.9. The van der Waals surface area contributed by atoms with E-state index < -0.39 is 11.2 Å². The minimum absolute atomic E-state index is 0. The highest BCUT2D eigenvalue weighted by molar-refractivity contribution is 5.96. The molecule has 36 heavy (non-hydrogen) atoms. The molecule has 9 nitrogen and oxygen atoms in total. The summed E-state index contributed by atoms with van der Waals surface area (Å²) < 4.78 is 4.51. The van der Waals surface area contributed by atoms with Gasteiger partial charge in [-0.15, -0.1) is 12.4 Å². The number of fused-ring (bicyclic) bond motifs is 2. The summed E-state index contributed by atoms with van der Waals surface area (Å²) in [5.41, 5.74) is 1.38. The molecule has 5 rings (SSSR count). The molecule has 2 fully saturated rings. The van der Waals surface area contributed by atoms with Gasteiger partial charge >= 0.3 is 5.69 Å². The molecule has 10 heteroatoms. The maximum atomic E-state index is 13.8. The van der Waals surface area contributed by atoms with E-state index in [2.05, 4.69) is 16.3 Å². The zero-order valence-electron chi connectivity index (χ0n) is 20.9. The number of hydrogen-bond acceptors (Lipinski definition) is 6. The molecule has 2 aliphatic heterocycles. The molecule has 4 heterocycles. The fraction of sp³-hybridized carbons (Fsp3) is 0.462. The van der Waals surface area contributed by atoms with E-state index in [9.17, 15) is 14.4 Å². The first-order valence-electron chi connectivity index (χ1n) is 12.3. The van der Waals surface area contributed by atoms with Gasteiger partial charge in [-0.25, -0.2) is 4.79 Å². The van der Waals surface area contributed by atoms with Crippen molar-refractivity contribution in [2.45, 2.75) is 52.9 Å². The van der Waals surface area contributed by atoms with Crippen LogP contribution in [-0.2, 0) is 19.6 Å². The Morgan fingerprint density at radius 1 is 1.11 bits per heavy atom. The number of allylic oxidation sites excluding steroid dienone is 2. The third-order valence-corrected chi connectivity index (χ3v) is 7.19. The lowest BCUT2D eigenvalue weighted by Gasteiger charge is -2.25. The van der Waals surface area contributed by atoms with Gasteiger partial charge in [-0.2, -0.15) is 4.98 Å². The minimum atomic E-state index is -0.505. The lowest BCUT2D eigenvalue weighted by atomic mass is 10.1. The fourth-order valence-electron chi connectivity index (χ4n) is 5.33. The van der Waals surface area contributed by atoms with Crippen molar-refractivity contribution in [3.63, 3.8) is 0 Å². The quantitative estimate of drug-likeness (QED) is 0.386. The molecular formula is C26H33ClN6O3. The van der Waals surface area contributed by atoms with Crippen LogP contribution in [0.2, 0.25) is 0 Å². The number of benzene rings is 1. The van der Waals surface area contributed by atoms with Crippen LogP contribution in [0.4, 0.5) is 5.95 Å². The van der Waals surface area contributed by atoms with Crippen LogP contribution in [-0.4, -0.2) is 50.1 Å². The van der Waals surface area contributed by atoms with E-state index in [-0.39, 0.29) is 24.7 Å². The van der Waals surface area contributed by atoms with Gasteiger partial charge in [0.1, 0.15) is 0 Å². The average Bonchev–Trinajstić information content (AvgIpc) is 3.56. The number of halogens is 1. The molecule has 0 spiro atoms. The minimum Gasteiger partial charge on any atom is -0.338 e. The zero-order valence-corrected chi connectivity index (χ0v) is 21.8. The summed E-state index contributed by atoms with van der Waals surface area (Å²) >= 11 is 0. The third-order valence-electron chi connectivity index (χ3n) is 7.19. The molecular weight excluding hydrogens is 480 g/mol. The van der Waals surface area contributed by atoms with E-state index >= 15 is 0 Å². The molecule has 0 radical (unpaired) electrons. The highest BCUT2D eigenvalue weighted by Gasteiger charge is 2.40. The molecule has 2 aliphatic rings. The van der Waals surface area contributed by atoms with Crippen molar-refractivity contribution >= 4 is 35.3 Å². The number of aromatic nitrogens is 4. The van der Waals surface area contributed by atoms with Crippen LogP contribution < -0.4 is 21.5 Å². The van der Waals surface area contributed by atoms with Crippen molar-refractivity contribution in [2.24, 2.45) is 5.92 Å². The fourth-order valence-corrected chi connectivity index (χ4v) is 5.33. The van der Waals surface area contributed by atoms with E-state index in [1.54, 1.807) is 24.3 Å². The van der Waals surface area contributed by atoms with E-state index in [1.807, 2.05) is 31.4 Å². The molecule has 3 aromatic rings. The molecule has 2 unspecified atom stereocenters. The first-order valence-corrected chi connectivity index (χ1v) is 12.3. The number of Topliss-reactive ketones (excluding diaryl/α,β-unsaturated/α-hetero) is 1. The number of ketones is 1. The zero-order chi connectivity index (χ0) is 24.7. The average molecular weight is 513 g/mol. The highest BCUT2D eigenvalue weighted by atomic mass is 35.5. The Labute approximate surface area is 215 Å². The highest BCUT2D eigenvalue weighted by Crippen LogP contribution is 2.33. The summed E-state index contributed by atoms with van der Waals surface area (Å²) in [6.45, 7) is 9.15. The monoisotopic (exact) mass is 512 g/mol. The van der Waals surface area contributed by atoms with Crippen LogP contribution in [0.15, 0.2) is 51.6 Å². The van der Waals surface area contributed by atoms with Crippen molar-refractivity contribution in [1.29, 1.82) is 0 Å². The Kier molecular flexibility index (Phi) is 7.51. The molecule has 0 bridgehead atoms. The van der Waals surface area contributed by atoms with Crippen molar-refractivity contribution in [3.8, 4) is 0 Å². The smallest absolute Gasteiger partial charge is 0.333 e. The van der Waals surface area contributed by atoms with Gasteiger partial charge in [0.05, 0.1) is 6.54 Å². The summed E-state index contributed by atoms with van der Waals surface area (Å²) in [6, 6.07) is 9.07. The van der Waals surface area contributed by atoms with E-state index in [0.29, 0.717) is 41.8 Å². The van der Waals surface area contributed by atoms with Gasteiger partial charge in [-0.3, -0.25) is 18.7 Å². The molecule has 0 amide bonds. The van der Waals surface area contributed by atoms with Crippen molar-refractivity contribution in [1.82, 2.24) is 24.0 Å². The number of carbonyl (C=O) groups is 1. The summed E-state index contributed by atoms with van der Waals surface area (Å²) in [5, 5.41) is 3.47. The van der Waals surface area contributed by atoms with E-state index in [0.717, 1.165) is 42.1 Å². The number of nitrogens with zero attached hydrogens (tertiary/aromatic N) is 5. The van der Waals surface area contributed by atoms with Crippen molar-refractivity contribution < 1.29 is 4.79 Å². The molecule has 2 aromatic heterocycles. The normalized spacial score (nSPS) is 18.8. The number of rotatable bonds is 7. The summed E-state index contributed by atoms with van der Waals surface area (Å²) in [5.74, 6) is 1.00. The van der Waals surface area contributed by atoms with Gasteiger partial charge in [-0.05, 0) is 33.1 Å². The van der Waals surface area contributed by atoms with Crippen molar-refractivity contribution in [2.75, 3.05) is 24.5 Å². The Morgan fingerprint density at radius 2 is 1.86 bits per heavy atom. The van der Waals surface area contributed by atoms with Crippen LogP contribution >= 0.6 is 12.4 Å². The second kappa shape index (κ2) is 10.4. The topological polar surface area (TPSA) is 94.2 Å². The predicted octanol–water partition coefficient (Wildman–Crippen LogP) is 2.45. The second-order valence-corrected chi connectivity index (χ2v) is 9.65. The molecule has 2 saturated heterocycles. The predicted molar refractivity (Wildman–Crippen MR) is 143 cm³/mol. The van der Waals surface area contributed by atoms with Crippen LogP contribution in [0.3, 0.4) is 0 Å². The Hall–Kier alpha value is -3.17. The third kappa shape index (κ3) is 4.41. The molecule has 192 valence electrons. The standard InChI is InChI=1S/C26H32N6O3.ClH/c1-4-29-23-22(24(34)32(26(29)35)16-21(33)18-8-6-5-7-9-18)31(12-10-17(2)3)25(28-23)30-13-11-19-14-27-15-20(19)30;/h5-10,19-20,27H,4,11-16H2,1-3H3;1H. The maximum absolute atomic E-state index is 13.8. The van der Waals surface area contributed by atoms with Crippen LogP contribution in [0, 0.1) is 5.92 Å². The Balaban J connectivity index is 0.00000304. The summed E-state index contributed by atoms with van der Waals surface area (Å²) in [4.78, 5) is 47.3. The molecule has 0 saturated carbocycles. The number of nitrogens with one attached hydrogen (secondary N) is 1. The molecule has 1 N–H and O–H groups in total. The SMILES string of the molecule is CCn1c(=O)n(CC(=O)c2ccccc2)c(=O)c2c1nc(N1CCC3CNCC31)n2CC=C(C)C.Cl. The number of aryl methyl sites for hydroxylation is 1. The number of anilines is 1. The van der Waals surface area contributed by atoms with E-state index in [1.165, 1.54) is 4.57 Å².